The highest BCUT2D eigenvalue weighted by Gasteiger charge is 2.52. The van der Waals surface area contributed by atoms with E-state index in [1.54, 1.807) is 29.7 Å². The first-order valence-corrected chi connectivity index (χ1v) is 16.3. The van der Waals surface area contributed by atoms with E-state index in [1.807, 2.05) is 35.7 Å². The van der Waals surface area contributed by atoms with Gasteiger partial charge in [0.15, 0.2) is 0 Å². The molecule has 2 aliphatic carbocycles. The molecule has 0 aliphatic heterocycles. The number of halogens is 1. The van der Waals surface area contributed by atoms with Crippen molar-refractivity contribution in [3.63, 3.8) is 0 Å². The molecule has 3 aromatic carbocycles. The van der Waals surface area contributed by atoms with Crippen LogP contribution in [-0.2, 0) is 16.6 Å². The van der Waals surface area contributed by atoms with E-state index < -0.39 is 11.5 Å². The summed E-state index contributed by atoms with van der Waals surface area (Å²) in [5.41, 5.74) is 5.60. The van der Waals surface area contributed by atoms with Crippen LogP contribution in [0.15, 0.2) is 114 Å². The molecular formula is C37H33ClN2O3S. The molecule has 0 bridgehead atoms. The number of thiophene rings is 1. The number of carboxylic acid groups (broad SMARTS) is 1. The largest absolute Gasteiger partial charge is 0.491 e. The molecule has 5 aromatic rings. The topological polar surface area (TPSA) is 71.5 Å². The van der Waals surface area contributed by atoms with Crippen molar-refractivity contribution in [2.45, 2.75) is 49.0 Å². The molecule has 5 nitrogen and oxygen atoms in total. The Morgan fingerprint density at radius 3 is 2.59 bits per heavy atom. The van der Waals surface area contributed by atoms with Gasteiger partial charge in [-0.1, -0.05) is 83.9 Å². The third-order valence-corrected chi connectivity index (χ3v) is 10.6. The van der Waals surface area contributed by atoms with Gasteiger partial charge in [-0.2, -0.15) is 0 Å². The molecule has 222 valence electrons. The van der Waals surface area contributed by atoms with Crippen LogP contribution in [0, 0.1) is 0 Å². The van der Waals surface area contributed by atoms with Gasteiger partial charge in [0, 0.05) is 28.2 Å². The minimum Gasteiger partial charge on any atom is -0.491 e. The summed E-state index contributed by atoms with van der Waals surface area (Å²) in [5.74, 6) is 0.0537. The Kier molecular flexibility index (Phi) is 7.65. The summed E-state index contributed by atoms with van der Waals surface area (Å²) in [6, 6.07) is 30.5. The maximum Gasteiger partial charge on any atom is 0.329 e. The van der Waals surface area contributed by atoms with E-state index in [-0.39, 0.29) is 11.3 Å². The van der Waals surface area contributed by atoms with Crippen LogP contribution < -0.4 is 10.1 Å². The van der Waals surface area contributed by atoms with Crippen molar-refractivity contribution < 1.29 is 14.6 Å². The number of carbonyl (C=O) groups is 1. The normalized spacial score (nSPS) is 22.6. The summed E-state index contributed by atoms with van der Waals surface area (Å²) in [6.07, 6.45) is 7.54. The Labute approximate surface area is 266 Å². The van der Waals surface area contributed by atoms with Crippen LogP contribution in [0.2, 0.25) is 5.02 Å². The van der Waals surface area contributed by atoms with E-state index in [4.69, 9.17) is 16.3 Å². The molecule has 1 spiro atoms. The van der Waals surface area contributed by atoms with E-state index in [9.17, 15) is 9.90 Å². The van der Waals surface area contributed by atoms with Crippen molar-refractivity contribution in [2.24, 2.45) is 0 Å². The number of anilines is 1. The zero-order valence-electron chi connectivity index (χ0n) is 24.2. The fourth-order valence-corrected chi connectivity index (χ4v) is 8.17. The van der Waals surface area contributed by atoms with Crippen LogP contribution in [0.1, 0.15) is 48.3 Å². The first-order valence-electron chi connectivity index (χ1n) is 15.0. The molecule has 7 rings (SSSR count). The zero-order chi connectivity index (χ0) is 30.1. The molecule has 2 aromatic heterocycles. The highest BCUT2D eigenvalue weighted by atomic mass is 35.5. The lowest BCUT2D eigenvalue weighted by Gasteiger charge is -2.45. The molecule has 2 aliphatic rings. The van der Waals surface area contributed by atoms with Gasteiger partial charge < -0.3 is 15.2 Å². The van der Waals surface area contributed by atoms with Gasteiger partial charge in [-0.15, -0.1) is 11.3 Å². The number of hydrogen-bond acceptors (Lipinski definition) is 5. The van der Waals surface area contributed by atoms with Crippen LogP contribution in [0.3, 0.4) is 0 Å². The van der Waals surface area contributed by atoms with Crippen LogP contribution in [0.25, 0.3) is 10.2 Å². The molecule has 0 saturated heterocycles. The number of allylic oxidation sites excluding steroid dienone is 1. The molecule has 7 heteroatoms. The van der Waals surface area contributed by atoms with Crippen molar-refractivity contribution in [1.82, 2.24) is 4.98 Å². The third kappa shape index (κ3) is 5.27. The maximum atomic E-state index is 12.8. The standard InChI is InChI=1S/C37H33ClN2O3S/c38-29-10-6-11-30(23-29)40-37(35(41)42)17-15-36(16-18-37)28(21-26-9-4-5-12-31(26)36)22-27(25-7-2-1-3-8-25)24-43-33-13-19-39-32-14-20-44-34(32)33/h1-14,19-20,22-23,27,40H,15-18,21,24H2,(H,41,42)/b28-22+/t27-,36?,37?/m0/s1. The Morgan fingerprint density at radius 2 is 1.80 bits per heavy atom. The Hall–Kier alpha value is -4.13. The van der Waals surface area contributed by atoms with E-state index in [1.165, 1.54) is 22.3 Å². The van der Waals surface area contributed by atoms with Gasteiger partial charge in [0.25, 0.3) is 0 Å². The lowest BCUT2D eigenvalue weighted by Crippen LogP contribution is -2.52. The summed E-state index contributed by atoms with van der Waals surface area (Å²) in [7, 11) is 0. The maximum absolute atomic E-state index is 12.8. The van der Waals surface area contributed by atoms with Gasteiger partial charge in [-0.3, -0.25) is 4.98 Å². The first-order chi connectivity index (χ1) is 21.5. The van der Waals surface area contributed by atoms with Crippen molar-refractivity contribution in [2.75, 3.05) is 11.9 Å². The van der Waals surface area contributed by atoms with E-state index in [0.717, 1.165) is 40.9 Å². The number of nitrogens with one attached hydrogen (secondary N) is 1. The van der Waals surface area contributed by atoms with Crippen LogP contribution >= 0.6 is 22.9 Å². The summed E-state index contributed by atoms with van der Waals surface area (Å²) in [6.45, 7) is 0.492. The predicted octanol–water partition coefficient (Wildman–Crippen LogP) is 9.04. The molecule has 0 radical (unpaired) electrons. The van der Waals surface area contributed by atoms with Gasteiger partial charge in [0.1, 0.15) is 11.3 Å². The number of nitrogens with zero attached hydrogens (tertiary/aromatic N) is 1. The molecule has 2 heterocycles. The number of fused-ring (bicyclic) bond motifs is 3. The molecule has 1 saturated carbocycles. The van der Waals surface area contributed by atoms with Crippen molar-refractivity contribution in [3.05, 3.63) is 136 Å². The second-order valence-corrected chi connectivity index (χ2v) is 13.3. The van der Waals surface area contributed by atoms with Crippen LogP contribution in [0.4, 0.5) is 5.69 Å². The Balaban J connectivity index is 1.23. The number of hydrogen-bond donors (Lipinski definition) is 2. The first kappa shape index (κ1) is 28.6. The Bertz CT molecular complexity index is 1840. The second kappa shape index (κ2) is 11.8. The van der Waals surface area contributed by atoms with E-state index in [2.05, 4.69) is 64.9 Å². The minimum atomic E-state index is -1.06. The lowest BCUT2D eigenvalue weighted by atomic mass is 9.62. The van der Waals surface area contributed by atoms with Gasteiger partial charge in [-0.05, 0) is 84.5 Å². The monoisotopic (exact) mass is 620 g/mol. The lowest BCUT2D eigenvalue weighted by molar-refractivity contribution is -0.143. The number of ether oxygens (including phenoxy) is 1. The molecule has 1 fully saturated rings. The molecule has 0 unspecified atom stereocenters. The van der Waals surface area contributed by atoms with Crippen molar-refractivity contribution in [1.29, 1.82) is 0 Å². The SMILES string of the molecule is O=C(O)C1(Nc2cccc(Cl)c2)CCC2(CC1)/C(=C/[C@@H](COc1ccnc3ccsc13)c1ccccc1)Cc1ccccc12. The highest BCUT2D eigenvalue weighted by Crippen LogP contribution is 2.55. The number of benzene rings is 3. The smallest absolute Gasteiger partial charge is 0.329 e. The number of aromatic nitrogens is 1. The summed E-state index contributed by atoms with van der Waals surface area (Å²) < 4.78 is 7.58. The van der Waals surface area contributed by atoms with Gasteiger partial charge >= 0.3 is 5.97 Å². The zero-order valence-corrected chi connectivity index (χ0v) is 25.8. The highest BCUT2D eigenvalue weighted by molar-refractivity contribution is 7.17. The third-order valence-electron chi connectivity index (χ3n) is 9.46. The Morgan fingerprint density at radius 1 is 1.00 bits per heavy atom. The molecule has 1 atom stereocenters. The fourth-order valence-electron chi connectivity index (χ4n) is 7.16. The molecule has 44 heavy (non-hydrogen) atoms. The summed E-state index contributed by atoms with van der Waals surface area (Å²) >= 11 is 7.88. The van der Waals surface area contributed by atoms with Crippen LogP contribution in [-0.4, -0.2) is 28.2 Å². The number of rotatable bonds is 8. The predicted molar refractivity (Wildman–Crippen MR) is 178 cm³/mol. The van der Waals surface area contributed by atoms with Gasteiger partial charge in [0.05, 0.1) is 16.8 Å². The number of pyridine rings is 1. The molecule has 2 N–H and O–H groups in total. The van der Waals surface area contributed by atoms with Gasteiger partial charge in [-0.25, -0.2) is 4.79 Å². The average Bonchev–Trinajstić information content (AvgIpc) is 3.64. The molecule has 0 amide bonds. The van der Waals surface area contributed by atoms with Crippen molar-refractivity contribution >= 4 is 44.8 Å². The number of carboxylic acids is 1. The van der Waals surface area contributed by atoms with Crippen molar-refractivity contribution in [3.8, 4) is 5.75 Å². The van der Waals surface area contributed by atoms with E-state index in [0.29, 0.717) is 24.5 Å². The van der Waals surface area contributed by atoms with Crippen LogP contribution in [0.5, 0.6) is 5.75 Å². The fraction of sp³-hybridized carbons (Fsp3) is 0.243. The average molecular weight is 621 g/mol. The summed E-state index contributed by atoms with van der Waals surface area (Å²) in [5, 5.41) is 16.5. The van der Waals surface area contributed by atoms with E-state index >= 15 is 0 Å². The second-order valence-electron chi connectivity index (χ2n) is 11.9. The number of aliphatic carboxylic acids is 1. The summed E-state index contributed by atoms with van der Waals surface area (Å²) in [4.78, 5) is 17.3. The minimum absolute atomic E-state index is 0.0244. The molecular weight excluding hydrogens is 588 g/mol. The van der Waals surface area contributed by atoms with Gasteiger partial charge in [0.2, 0.25) is 0 Å². The quantitative estimate of drug-likeness (QED) is 0.169.